The second-order valence-corrected chi connectivity index (χ2v) is 6.23. The smallest absolute Gasteiger partial charge is 0.336 e. The Morgan fingerprint density at radius 1 is 1.42 bits per heavy atom. The van der Waals surface area contributed by atoms with E-state index >= 15 is 0 Å². The summed E-state index contributed by atoms with van der Waals surface area (Å²) in [6.07, 6.45) is 5.39. The molecular weight excluding hydrogens is 308 g/mol. The van der Waals surface area contributed by atoms with Gasteiger partial charge in [-0.1, -0.05) is 0 Å². The minimum absolute atomic E-state index is 0.0685. The minimum Gasteiger partial charge on any atom is -0.336 e. The highest BCUT2D eigenvalue weighted by Gasteiger charge is 2.30. The quantitative estimate of drug-likeness (QED) is 0.831. The predicted molar refractivity (Wildman–Crippen MR) is 89.7 cm³/mol. The summed E-state index contributed by atoms with van der Waals surface area (Å²) in [5.41, 5.74) is 0.688. The Balaban J connectivity index is 1.75. The lowest BCUT2D eigenvalue weighted by Gasteiger charge is -2.09. The van der Waals surface area contributed by atoms with Crippen molar-refractivity contribution in [1.29, 1.82) is 0 Å². The molecule has 1 aliphatic carbocycles. The van der Waals surface area contributed by atoms with Gasteiger partial charge in [0.1, 0.15) is 0 Å². The van der Waals surface area contributed by atoms with Crippen molar-refractivity contribution in [2.45, 2.75) is 45.3 Å². The summed E-state index contributed by atoms with van der Waals surface area (Å²) in [4.78, 5) is 28.3. The molecule has 0 aromatic carbocycles. The van der Waals surface area contributed by atoms with Crippen molar-refractivity contribution in [3.63, 3.8) is 0 Å². The molecule has 0 atom stereocenters. The maximum Gasteiger partial charge on any atom is 0.346 e. The van der Waals surface area contributed by atoms with E-state index in [1.165, 1.54) is 4.68 Å². The number of urea groups is 1. The van der Waals surface area contributed by atoms with Crippen LogP contribution in [0.4, 0.5) is 4.79 Å². The van der Waals surface area contributed by atoms with E-state index in [2.05, 4.69) is 20.7 Å². The van der Waals surface area contributed by atoms with E-state index in [1.807, 2.05) is 26.0 Å². The van der Waals surface area contributed by atoms with E-state index < -0.39 is 0 Å². The topological polar surface area (TPSA) is 93.8 Å². The maximum absolute atomic E-state index is 12.6. The Kier molecular flexibility index (Phi) is 4.64. The highest BCUT2D eigenvalue weighted by Crippen LogP contribution is 2.36. The molecule has 2 aromatic rings. The zero-order chi connectivity index (χ0) is 17.1. The van der Waals surface area contributed by atoms with E-state index in [-0.39, 0.29) is 23.8 Å². The normalized spacial score (nSPS) is 14.0. The Morgan fingerprint density at radius 2 is 2.21 bits per heavy atom. The molecule has 1 aliphatic rings. The summed E-state index contributed by atoms with van der Waals surface area (Å²) < 4.78 is 3.15. The van der Waals surface area contributed by atoms with Gasteiger partial charge in [0.25, 0.3) is 0 Å². The Hall–Kier alpha value is -2.64. The van der Waals surface area contributed by atoms with Crippen LogP contribution in [0.3, 0.4) is 0 Å². The van der Waals surface area contributed by atoms with E-state index in [0.717, 1.165) is 18.4 Å². The number of carbonyl (C=O) groups excluding carboxylic acids is 1. The SMILES string of the molecule is CC(C)NC(=O)NCCn1nc(-c2cccnc2)n(C2CC2)c1=O. The van der Waals surface area contributed by atoms with E-state index in [4.69, 9.17) is 0 Å². The lowest BCUT2D eigenvalue weighted by Crippen LogP contribution is -2.41. The van der Waals surface area contributed by atoms with Gasteiger partial charge in [-0.05, 0) is 38.8 Å². The van der Waals surface area contributed by atoms with Crippen molar-refractivity contribution in [1.82, 2.24) is 30.0 Å². The fourth-order valence-corrected chi connectivity index (χ4v) is 2.51. The number of nitrogens with one attached hydrogen (secondary N) is 2. The van der Waals surface area contributed by atoms with Crippen molar-refractivity contribution < 1.29 is 4.79 Å². The molecule has 0 spiro atoms. The molecule has 24 heavy (non-hydrogen) atoms. The molecule has 1 fully saturated rings. The van der Waals surface area contributed by atoms with Gasteiger partial charge in [-0.2, -0.15) is 0 Å². The molecular formula is C16H22N6O2. The zero-order valence-electron chi connectivity index (χ0n) is 13.9. The van der Waals surface area contributed by atoms with Crippen molar-refractivity contribution in [2.75, 3.05) is 6.54 Å². The molecule has 128 valence electrons. The number of amides is 2. The van der Waals surface area contributed by atoms with Crippen LogP contribution in [0.15, 0.2) is 29.3 Å². The van der Waals surface area contributed by atoms with Gasteiger partial charge in [-0.3, -0.25) is 9.55 Å². The Morgan fingerprint density at radius 3 is 2.83 bits per heavy atom. The third-order valence-electron chi connectivity index (χ3n) is 3.73. The van der Waals surface area contributed by atoms with Gasteiger partial charge in [0.2, 0.25) is 0 Å². The summed E-state index contributed by atoms with van der Waals surface area (Å²) in [6, 6.07) is 3.77. The summed E-state index contributed by atoms with van der Waals surface area (Å²) >= 11 is 0. The lowest BCUT2D eigenvalue weighted by atomic mass is 10.3. The zero-order valence-corrected chi connectivity index (χ0v) is 13.9. The highest BCUT2D eigenvalue weighted by molar-refractivity contribution is 5.73. The molecule has 0 bridgehead atoms. The lowest BCUT2D eigenvalue weighted by molar-refractivity contribution is 0.238. The van der Waals surface area contributed by atoms with E-state index in [0.29, 0.717) is 18.9 Å². The number of pyridine rings is 1. The van der Waals surface area contributed by atoms with Crippen LogP contribution < -0.4 is 16.3 Å². The van der Waals surface area contributed by atoms with Crippen LogP contribution in [0.2, 0.25) is 0 Å². The molecule has 0 saturated heterocycles. The van der Waals surface area contributed by atoms with Gasteiger partial charge in [0.05, 0.1) is 6.54 Å². The summed E-state index contributed by atoms with van der Waals surface area (Å²) in [5, 5.41) is 9.93. The molecule has 2 heterocycles. The second kappa shape index (κ2) is 6.86. The summed E-state index contributed by atoms with van der Waals surface area (Å²) in [6.45, 7) is 4.45. The Labute approximate surface area is 139 Å². The average molecular weight is 330 g/mol. The molecule has 2 aromatic heterocycles. The van der Waals surface area contributed by atoms with Gasteiger partial charge in [-0.25, -0.2) is 14.3 Å². The highest BCUT2D eigenvalue weighted by atomic mass is 16.2. The van der Waals surface area contributed by atoms with Crippen LogP contribution in [0, 0.1) is 0 Å². The van der Waals surface area contributed by atoms with Crippen LogP contribution >= 0.6 is 0 Å². The number of aromatic nitrogens is 4. The first-order valence-electron chi connectivity index (χ1n) is 8.20. The summed E-state index contributed by atoms with van der Waals surface area (Å²) in [7, 11) is 0. The number of carbonyl (C=O) groups is 1. The fraction of sp³-hybridized carbons (Fsp3) is 0.500. The number of nitrogens with zero attached hydrogens (tertiary/aromatic N) is 4. The number of rotatable bonds is 6. The van der Waals surface area contributed by atoms with Crippen LogP contribution in [0.5, 0.6) is 0 Å². The molecule has 8 heteroatoms. The number of hydrogen-bond donors (Lipinski definition) is 2. The fourth-order valence-electron chi connectivity index (χ4n) is 2.51. The monoisotopic (exact) mass is 330 g/mol. The third-order valence-corrected chi connectivity index (χ3v) is 3.73. The molecule has 1 saturated carbocycles. The van der Waals surface area contributed by atoms with Crippen LogP contribution in [-0.4, -0.2) is 37.9 Å². The van der Waals surface area contributed by atoms with Crippen LogP contribution in [0.25, 0.3) is 11.4 Å². The van der Waals surface area contributed by atoms with Crippen LogP contribution in [-0.2, 0) is 6.54 Å². The Bertz CT molecular complexity index is 761. The van der Waals surface area contributed by atoms with E-state index in [9.17, 15) is 9.59 Å². The maximum atomic E-state index is 12.6. The molecule has 8 nitrogen and oxygen atoms in total. The van der Waals surface area contributed by atoms with Crippen molar-refractivity contribution in [2.24, 2.45) is 0 Å². The van der Waals surface area contributed by atoms with Crippen LogP contribution in [0.1, 0.15) is 32.7 Å². The molecule has 2 N–H and O–H groups in total. The standard InChI is InChI=1S/C16H22N6O2/c1-11(2)19-15(23)18-8-9-21-16(24)22(13-5-6-13)14(20-21)12-4-3-7-17-10-12/h3-4,7,10-11,13H,5-6,8-9H2,1-2H3,(H2,18,19,23). The van der Waals surface area contributed by atoms with Gasteiger partial charge in [0, 0.05) is 36.6 Å². The minimum atomic E-state index is -0.243. The molecule has 0 aliphatic heterocycles. The molecule has 0 radical (unpaired) electrons. The van der Waals surface area contributed by atoms with Gasteiger partial charge in [0.15, 0.2) is 5.82 Å². The van der Waals surface area contributed by atoms with Crippen molar-refractivity contribution in [3.8, 4) is 11.4 Å². The van der Waals surface area contributed by atoms with Crippen molar-refractivity contribution in [3.05, 3.63) is 35.0 Å². The first-order chi connectivity index (χ1) is 11.6. The van der Waals surface area contributed by atoms with Crippen molar-refractivity contribution >= 4 is 6.03 Å². The summed E-state index contributed by atoms with van der Waals surface area (Å²) in [5.74, 6) is 0.641. The second-order valence-electron chi connectivity index (χ2n) is 6.23. The van der Waals surface area contributed by atoms with Gasteiger partial charge < -0.3 is 10.6 Å². The predicted octanol–water partition coefficient (Wildman–Crippen LogP) is 1.15. The van der Waals surface area contributed by atoms with Gasteiger partial charge >= 0.3 is 11.7 Å². The average Bonchev–Trinajstić information content (AvgIpc) is 3.32. The molecule has 3 rings (SSSR count). The van der Waals surface area contributed by atoms with Gasteiger partial charge in [-0.15, -0.1) is 5.10 Å². The number of hydrogen-bond acceptors (Lipinski definition) is 4. The molecule has 2 amide bonds. The molecule has 0 unspecified atom stereocenters. The first kappa shape index (κ1) is 16.2. The van der Waals surface area contributed by atoms with E-state index in [1.54, 1.807) is 17.0 Å². The largest absolute Gasteiger partial charge is 0.346 e. The first-order valence-corrected chi connectivity index (χ1v) is 8.20. The third kappa shape index (κ3) is 3.64.